The number of carbonyl (C=O) groups is 4. The molecule has 4 amide bonds. The standard InChI is InChI=1S/C42H30N2O4/c45-39-33-22-32(25-10-2-1-3-11-25)34-30-18-19-31(35(34)38(33)42(48)43(39)28-16-14-23-8-4-6-12-26(23)20-28)37-36(30)40(46)44(41(37)47)29-17-15-24-9-5-7-13-27(24)21-29/h1-21,30-31,33,35-38H,22H2/t30-,31-,33-,35+,36-,37-,38+/m1/s1. The average molecular weight is 627 g/mol. The highest BCUT2D eigenvalue weighted by molar-refractivity contribution is 6.25. The van der Waals surface area contributed by atoms with Gasteiger partial charge < -0.3 is 0 Å². The van der Waals surface area contributed by atoms with E-state index in [0.29, 0.717) is 17.8 Å². The largest absolute Gasteiger partial charge is 0.274 e. The Balaban J connectivity index is 1.11. The lowest BCUT2D eigenvalue weighted by Crippen LogP contribution is -2.51. The molecule has 48 heavy (non-hydrogen) atoms. The zero-order valence-corrected chi connectivity index (χ0v) is 25.9. The van der Waals surface area contributed by atoms with Crippen LogP contribution in [-0.4, -0.2) is 23.6 Å². The number of nitrogens with zero attached hydrogens (tertiary/aromatic N) is 2. The van der Waals surface area contributed by atoms with Crippen molar-refractivity contribution < 1.29 is 19.2 Å². The Labute approximate surface area is 277 Å². The summed E-state index contributed by atoms with van der Waals surface area (Å²) < 4.78 is 0. The first-order chi connectivity index (χ1) is 23.5. The Hall–Kier alpha value is -5.62. The molecule has 4 aliphatic carbocycles. The Bertz CT molecular complexity index is 2320. The highest BCUT2D eigenvalue weighted by atomic mass is 16.2. The number of carbonyl (C=O) groups excluding carboxylic acids is 4. The van der Waals surface area contributed by atoms with Crippen LogP contribution in [-0.2, 0) is 19.2 Å². The molecular formula is C42H30N2O4. The molecule has 0 aromatic heterocycles. The highest BCUT2D eigenvalue weighted by Gasteiger charge is 2.67. The minimum absolute atomic E-state index is 0.188. The number of fused-ring (bicyclic) bond motifs is 3. The minimum atomic E-state index is -0.609. The molecule has 5 aromatic rings. The molecule has 6 aliphatic rings. The summed E-state index contributed by atoms with van der Waals surface area (Å²) >= 11 is 0. The maximum atomic E-state index is 14.6. The molecule has 0 unspecified atom stereocenters. The van der Waals surface area contributed by atoms with Gasteiger partial charge in [-0.1, -0.05) is 109 Å². The van der Waals surface area contributed by atoms with E-state index < -0.39 is 23.7 Å². The van der Waals surface area contributed by atoms with Gasteiger partial charge in [0.25, 0.3) is 0 Å². The maximum Gasteiger partial charge on any atom is 0.238 e. The van der Waals surface area contributed by atoms with Crippen LogP contribution in [0, 0.1) is 41.4 Å². The monoisotopic (exact) mass is 626 g/mol. The van der Waals surface area contributed by atoms with Gasteiger partial charge in [-0.2, -0.15) is 0 Å². The molecule has 2 saturated heterocycles. The number of hydrogen-bond donors (Lipinski definition) is 0. The first kappa shape index (κ1) is 27.5. The number of benzene rings is 5. The number of allylic oxidation sites excluding steroid dienone is 4. The summed E-state index contributed by atoms with van der Waals surface area (Å²) in [6.45, 7) is 0. The Morgan fingerprint density at radius 1 is 0.479 bits per heavy atom. The van der Waals surface area contributed by atoms with E-state index in [4.69, 9.17) is 0 Å². The van der Waals surface area contributed by atoms with Gasteiger partial charge in [0.1, 0.15) is 0 Å². The van der Waals surface area contributed by atoms with Crippen LogP contribution < -0.4 is 9.80 Å². The second-order valence-electron chi connectivity index (χ2n) is 13.8. The van der Waals surface area contributed by atoms with Gasteiger partial charge in [-0.3, -0.25) is 24.1 Å². The van der Waals surface area contributed by atoms with E-state index in [2.05, 4.69) is 24.3 Å². The maximum absolute atomic E-state index is 14.6. The first-order valence-corrected chi connectivity index (χ1v) is 16.7. The highest BCUT2D eigenvalue weighted by Crippen LogP contribution is 2.63. The van der Waals surface area contributed by atoms with Crippen LogP contribution in [0.5, 0.6) is 0 Å². The van der Waals surface area contributed by atoms with Crippen LogP contribution in [0.25, 0.3) is 27.1 Å². The third-order valence-corrected chi connectivity index (χ3v) is 11.6. The second kappa shape index (κ2) is 9.94. The Morgan fingerprint density at radius 3 is 1.67 bits per heavy atom. The summed E-state index contributed by atoms with van der Waals surface area (Å²) in [7, 11) is 0. The van der Waals surface area contributed by atoms with Crippen molar-refractivity contribution in [1.29, 1.82) is 0 Å². The van der Waals surface area contributed by atoms with Gasteiger partial charge in [0.2, 0.25) is 23.6 Å². The lowest BCUT2D eigenvalue weighted by atomic mass is 9.49. The van der Waals surface area contributed by atoms with Crippen molar-refractivity contribution in [2.45, 2.75) is 6.42 Å². The van der Waals surface area contributed by atoms with Gasteiger partial charge >= 0.3 is 0 Å². The second-order valence-corrected chi connectivity index (χ2v) is 13.8. The van der Waals surface area contributed by atoms with E-state index in [1.807, 2.05) is 103 Å². The van der Waals surface area contributed by atoms with E-state index >= 15 is 0 Å². The van der Waals surface area contributed by atoms with E-state index in [9.17, 15) is 19.2 Å². The van der Waals surface area contributed by atoms with Gasteiger partial charge in [0.15, 0.2) is 0 Å². The topological polar surface area (TPSA) is 74.8 Å². The van der Waals surface area contributed by atoms with E-state index in [1.54, 1.807) is 0 Å². The SMILES string of the molecule is O=C1[C@@H]2[C@@H]3C=C[C@H](C4=C(c5ccccc5)C[C@H]5C(=O)N(c6ccc7ccccc7c6)C(=O)[C@@H]5[C@H]43)[C@H]2C(=O)N1c1ccc2ccccc2c1. The quantitative estimate of drug-likeness (QED) is 0.157. The molecule has 0 spiro atoms. The van der Waals surface area contributed by atoms with E-state index in [1.165, 1.54) is 9.80 Å². The van der Waals surface area contributed by atoms with Gasteiger partial charge in [-0.15, -0.1) is 0 Å². The third-order valence-electron chi connectivity index (χ3n) is 11.6. The molecule has 5 aromatic carbocycles. The van der Waals surface area contributed by atoms with Gasteiger partial charge in [-0.25, -0.2) is 4.90 Å². The molecular weight excluding hydrogens is 596 g/mol. The zero-order valence-electron chi connectivity index (χ0n) is 25.9. The first-order valence-electron chi connectivity index (χ1n) is 16.7. The molecule has 11 rings (SSSR count). The molecule has 0 N–H and O–H groups in total. The summed E-state index contributed by atoms with van der Waals surface area (Å²) in [5.41, 5.74) is 4.24. The smallest absolute Gasteiger partial charge is 0.238 e. The predicted octanol–water partition coefficient (Wildman–Crippen LogP) is 7.19. The number of imide groups is 2. The third kappa shape index (κ3) is 3.63. The summed E-state index contributed by atoms with van der Waals surface area (Å²) in [5.74, 6) is -4.19. The fourth-order valence-corrected chi connectivity index (χ4v) is 9.66. The van der Waals surface area contributed by atoms with E-state index in [-0.39, 0.29) is 41.4 Å². The summed E-state index contributed by atoms with van der Waals surface area (Å²) in [4.78, 5) is 60.6. The van der Waals surface area contributed by atoms with Gasteiger partial charge in [0, 0.05) is 11.8 Å². The minimum Gasteiger partial charge on any atom is -0.274 e. The number of amides is 4. The molecule has 0 radical (unpaired) electrons. The molecule has 2 bridgehead atoms. The van der Waals surface area contributed by atoms with Gasteiger partial charge in [-0.05, 0) is 69.3 Å². The molecule has 6 heteroatoms. The van der Waals surface area contributed by atoms with Crippen molar-refractivity contribution >= 4 is 62.1 Å². The fraction of sp³-hybridized carbons (Fsp3) is 0.190. The molecule has 232 valence electrons. The molecule has 2 aliphatic heterocycles. The van der Waals surface area contributed by atoms with Crippen molar-refractivity contribution in [3.63, 3.8) is 0 Å². The van der Waals surface area contributed by atoms with Crippen LogP contribution in [0.2, 0.25) is 0 Å². The van der Waals surface area contributed by atoms with Crippen molar-refractivity contribution in [3.05, 3.63) is 139 Å². The summed E-state index contributed by atoms with van der Waals surface area (Å²) in [6, 6.07) is 37.3. The number of rotatable bonds is 3. The Kier molecular flexibility index (Phi) is 5.69. The van der Waals surface area contributed by atoms with E-state index in [0.717, 1.165) is 38.3 Å². The fourth-order valence-electron chi connectivity index (χ4n) is 9.66. The predicted molar refractivity (Wildman–Crippen MR) is 184 cm³/mol. The summed E-state index contributed by atoms with van der Waals surface area (Å²) in [5, 5.41) is 3.99. The molecule has 6 nitrogen and oxygen atoms in total. The Morgan fingerprint density at radius 2 is 1.02 bits per heavy atom. The van der Waals surface area contributed by atoms with Crippen molar-refractivity contribution in [1.82, 2.24) is 0 Å². The lowest BCUT2D eigenvalue weighted by molar-refractivity contribution is -0.129. The van der Waals surface area contributed by atoms with Crippen LogP contribution >= 0.6 is 0 Å². The zero-order chi connectivity index (χ0) is 32.3. The van der Waals surface area contributed by atoms with Crippen LogP contribution in [0.15, 0.2) is 133 Å². The van der Waals surface area contributed by atoms with Crippen LogP contribution in [0.1, 0.15) is 12.0 Å². The van der Waals surface area contributed by atoms with Gasteiger partial charge in [0.05, 0.1) is 35.0 Å². The van der Waals surface area contributed by atoms with Crippen LogP contribution in [0.4, 0.5) is 11.4 Å². The van der Waals surface area contributed by atoms with Crippen molar-refractivity contribution in [2.24, 2.45) is 41.4 Å². The molecule has 7 atom stereocenters. The average Bonchev–Trinajstić information content (AvgIpc) is 3.56. The lowest BCUT2D eigenvalue weighted by Gasteiger charge is -2.51. The number of hydrogen-bond acceptors (Lipinski definition) is 4. The molecule has 3 fully saturated rings. The number of anilines is 2. The normalized spacial score (nSPS) is 28.9. The summed E-state index contributed by atoms with van der Waals surface area (Å²) in [6.07, 6.45) is 4.58. The van der Waals surface area contributed by atoms with Crippen molar-refractivity contribution in [2.75, 3.05) is 9.80 Å². The van der Waals surface area contributed by atoms with Crippen LogP contribution in [0.3, 0.4) is 0 Å². The molecule has 1 saturated carbocycles. The molecule has 2 heterocycles. The van der Waals surface area contributed by atoms with Crippen molar-refractivity contribution in [3.8, 4) is 0 Å².